The molecule has 0 aliphatic carbocycles. The lowest BCUT2D eigenvalue weighted by Gasteiger charge is -2.12. The second-order valence-electron chi connectivity index (χ2n) is 8.24. The maximum absolute atomic E-state index is 11.7. The first-order chi connectivity index (χ1) is 21.2. The highest BCUT2D eigenvalue weighted by Gasteiger charge is 2.21. The maximum Gasteiger partial charge on any atom is 0.446 e. The highest BCUT2D eigenvalue weighted by molar-refractivity contribution is 7.81. The van der Waals surface area contributed by atoms with Crippen LogP contribution in [0.3, 0.4) is 0 Å². The van der Waals surface area contributed by atoms with Crippen LogP contribution in [-0.4, -0.2) is 59.9 Å². The summed E-state index contributed by atoms with van der Waals surface area (Å²) in [5, 5.41) is 11.7. The molecule has 1 aromatic heterocycles. The molecule has 0 fully saturated rings. The van der Waals surface area contributed by atoms with Crippen molar-refractivity contribution in [1.29, 1.82) is 0 Å². The van der Waals surface area contributed by atoms with Crippen molar-refractivity contribution >= 4 is 99.9 Å². The smallest absolute Gasteiger partial charge is 0.362 e. The topological polar surface area (TPSA) is 321 Å². The number of rotatable bonds is 11. The van der Waals surface area contributed by atoms with Crippen molar-refractivity contribution in [2.45, 2.75) is 0 Å². The quantitative estimate of drug-likeness (QED) is 0.0945. The molecule has 0 saturated carbocycles. The van der Waals surface area contributed by atoms with Crippen LogP contribution < -0.4 is 28.9 Å². The minimum atomic E-state index is -5.26. The summed E-state index contributed by atoms with van der Waals surface area (Å²) in [6.07, 6.45) is 0. The van der Waals surface area contributed by atoms with Crippen LogP contribution in [0.15, 0.2) is 52.7 Å². The largest absolute Gasteiger partial charge is 0.446 e. The van der Waals surface area contributed by atoms with Crippen molar-refractivity contribution in [3.63, 3.8) is 0 Å². The van der Waals surface area contributed by atoms with Crippen LogP contribution in [0.25, 0.3) is 10.8 Å². The Bertz CT molecular complexity index is 2220. The van der Waals surface area contributed by atoms with Gasteiger partial charge in [-0.25, -0.2) is 4.79 Å². The van der Waals surface area contributed by atoms with E-state index in [2.05, 4.69) is 48.4 Å². The Morgan fingerprint density at radius 2 is 1.35 bits per heavy atom. The molecule has 0 saturated heterocycles. The second-order valence-corrected chi connectivity index (χ2v) is 12.0. The molecule has 0 radical (unpaired) electrons. The number of carbonyl (C=O) groups is 1. The summed E-state index contributed by atoms with van der Waals surface area (Å²) >= 11 is 11.5. The van der Waals surface area contributed by atoms with Gasteiger partial charge in [0.2, 0.25) is 16.5 Å². The van der Waals surface area contributed by atoms with Crippen LogP contribution in [0.5, 0.6) is 17.2 Å². The SMILES string of the molecule is NC(=O)Nc1cc(Nc2nc(Cl)nc(Cl)n2)ccc1N=Nc1cc2c(OS(=O)(=O)O)cc(OS(=O)(=O)O)cc2cc1OS(=O)(=O)O. The van der Waals surface area contributed by atoms with Gasteiger partial charge in [-0.2, -0.15) is 40.2 Å². The van der Waals surface area contributed by atoms with Crippen molar-refractivity contribution in [2.24, 2.45) is 16.0 Å². The van der Waals surface area contributed by atoms with E-state index in [9.17, 15) is 39.2 Å². The fraction of sp³-hybridized carbons (Fsp3) is 0. The summed E-state index contributed by atoms with van der Waals surface area (Å²) in [6, 6.07) is 6.07. The van der Waals surface area contributed by atoms with E-state index in [1.54, 1.807) is 0 Å². The molecule has 0 bridgehead atoms. The summed E-state index contributed by atoms with van der Waals surface area (Å²) < 4.78 is 109. The summed E-state index contributed by atoms with van der Waals surface area (Å²) in [5.74, 6) is -2.43. The normalized spacial score (nSPS) is 12.2. The Morgan fingerprint density at radius 1 is 0.761 bits per heavy atom. The van der Waals surface area contributed by atoms with Crippen LogP contribution in [-0.2, 0) is 31.2 Å². The highest BCUT2D eigenvalue weighted by atomic mass is 35.5. The number of primary amides is 1. The van der Waals surface area contributed by atoms with Crippen molar-refractivity contribution in [3.05, 3.63) is 53.0 Å². The van der Waals surface area contributed by atoms with E-state index in [1.807, 2.05) is 0 Å². The molecular formula is C20H14Cl2N8O13S3. The van der Waals surface area contributed by atoms with Crippen molar-refractivity contribution in [2.75, 3.05) is 10.6 Å². The Morgan fingerprint density at radius 3 is 1.93 bits per heavy atom. The van der Waals surface area contributed by atoms with Gasteiger partial charge in [-0.05, 0) is 65.0 Å². The van der Waals surface area contributed by atoms with E-state index in [0.717, 1.165) is 18.2 Å². The standard InChI is InChI=1S/C20H14Cl2N8O13S3/c21-17-26-18(22)28-20(27-17)24-9-1-2-12(13(5-9)25-19(23)31)29-30-14-7-11-8(4-16(14)43-46(38,39)40)3-10(41-44(32,33)34)6-15(11)42-45(35,36)37/h1-7H,(H3,23,25,31)(H,32,33,34)(H,35,36,37)(H,38,39,40)(H,24,26,27,28). The molecule has 0 spiro atoms. The van der Waals surface area contributed by atoms with E-state index in [0.29, 0.717) is 6.07 Å². The average Bonchev–Trinajstić information content (AvgIpc) is 2.84. The zero-order valence-electron chi connectivity index (χ0n) is 21.8. The van der Waals surface area contributed by atoms with Gasteiger partial charge in [-0.1, -0.05) is 0 Å². The average molecular weight is 741 g/mol. The third-order valence-electron chi connectivity index (χ3n) is 4.92. The zero-order chi connectivity index (χ0) is 34.0. The molecule has 4 rings (SSSR count). The summed E-state index contributed by atoms with van der Waals surface area (Å²) in [7, 11) is -15.7. The number of nitrogens with zero attached hydrogens (tertiary/aromatic N) is 5. The number of azo groups is 1. The molecule has 21 nitrogen and oxygen atoms in total. The van der Waals surface area contributed by atoms with Crippen LogP contribution in [0.1, 0.15) is 0 Å². The van der Waals surface area contributed by atoms with Gasteiger partial charge in [-0.15, -0.1) is 10.2 Å². The number of aromatic nitrogens is 3. The number of carbonyl (C=O) groups excluding carboxylic acids is 1. The van der Waals surface area contributed by atoms with E-state index >= 15 is 0 Å². The van der Waals surface area contributed by atoms with Gasteiger partial charge >= 0.3 is 37.2 Å². The lowest BCUT2D eigenvalue weighted by molar-refractivity contribution is 0.259. The first-order valence-electron chi connectivity index (χ1n) is 11.3. The Balaban J connectivity index is 1.85. The molecule has 26 heteroatoms. The number of fused-ring (bicyclic) bond motifs is 1. The zero-order valence-corrected chi connectivity index (χ0v) is 25.7. The molecule has 0 atom stereocenters. The van der Waals surface area contributed by atoms with Gasteiger partial charge in [0.15, 0.2) is 11.5 Å². The predicted octanol–water partition coefficient (Wildman–Crippen LogP) is 3.53. The minimum Gasteiger partial charge on any atom is -0.362 e. The van der Waals surface area contributed by atoms with Gasteiger partial charge in [-0.3, -0.25) is 13.7 Å². The lowest BCUT2D eigenvalue weighted by atomic mass is 10.1. The van der Waals surface area contributed by atoms with Gasteiger partial charge < -0.3 is 28.9 Å². The number of nitrogens with one attached hydrogen (secondary N) is 2. The van der Waals surface area contributed by atoms with Crippen LogP contribution in [0.4, 0.5) is 33.5 Å². The van der Waals surface area contributed by atoms with Crippen LogP contribution in [0, 0.1) is 0 Å². The van der Waals surface area contributed by atoms with Gasteiger partial charge in [0, 0.05) is 17.1 Å². The first kappa shape index (κ1) is 34.2. The summed E-state index contributed by atoms with van der Waals surface area (Å²) in [5.41, 5.74) is 4.72. The van der Waals surface area contributed by atoms with Gasteiger partial charge in [0.1, 0.15) is 17.1 Å². The number of halogens is 2. The molecule has 2 amide bonds. The fourth-order valence-electron chi connectivity index (χ4n) is 3.48. The van der Waals surface area contributed by atoms with Crippen LogP contribution in [0.2, 0.25) is 10.6 Å². The fourth-order valence-corrected chi connectivity index (χ4v) is 4.91. The maximum atomic E-state index is 11.7. The summed E-state index contributed by atoms with van der Waals surface area (Å²) in [4.78, 5) is 22.9. The molecule has 0 aliphatic rings. The van der Waals surface area contributed by atoms with E-state index in [-0.39, 0.29) is 44.4 Å². The number of hydrogen-bond acceptors (Lipinski definition) is 16. The number of amides is 2. The minimum absolute atomic E-state index is 0.0827. The monoisotopic (exact) mass is 740 g/mol. The third-order valence-corrected chi connectivity index (χ3v) is 6.44. The first-order valence-corrected chi connectivity index (χ1v) is 16.2. The molecule has 46 heavy (non-hydrogen) atoms. The Hall–Kier alpha value is -4.69. The van der Waals surface area contributed by atoms with Gasteiger partial charge in [0.05, 0.1) is 5.69 Å². The number of hydrogen-bond donors (Lipinski definition) is 6. The Labute approximate surface area is 267 Å². The molecule has 244 valence electrons. The number of nitrogens with two attached hydrogens (primary N) is 1. The Kier molecular flexibility index (Phi) is 9.64. The highest BCUT2D eigenvalue weighted by Crippen LogP contribution is 2.41. The molecule has 0 aliphatic heterocycles. The molecule has 7 N–H and O–H groups in total. The van der Waals surface area contributed by atoms with E-state index in [4.69, 9.17) is 33.5 Å². The summed E-state index contributed by atoms with van der Waals surface area (Å²) in [6.45, 7) is 0. The number of anilines is 3. The molecule has 1 heterocycles. The second kappa shape index (κ2) is 13.0. The van der Waals surface area contributed by atoms with Crippen molar-refractivity contribution in [1.82, 2.24) is 15.0 Å². The third kappa shape index (κ3) is 9.91. The molecule has 3 aromatic carbocycles. The van der Waals surface area contributed by atoms with E-state index < -0.39 is 60.2 Å². The van der Waals surface area contributed by atoms with Crippen molar-refractivity contribution in [3.8, 4) is 17.2 Å². The van der Waals surface area contributed by atoms with Crippen molar-refractivity contribution < 1.29 is 56.3 Å². The van der Waals surface area contributed by atoms with Gasteiger partial charge in [0.25, 0.3) is 0 Å². The number of urea groups is 1. The molecular weight excluding hydrogens is 727 g/mol. The lowest BCUT2D eigenvalue weighted by Crippen LogP contribution is -2.19. The van der Waals surface area contributed by atoms with Crippen LogP contribution >= 0.6 is 23.2 Å². The molecule has 4 aromatic rings. The molecule has 0 unspecified atom stereocenters. The van der Waals surface area contributed by atoms with E-state index in [1.165, 1.54) is 18.2 Å². The number of benzene rings is 3. The predicted molar refractivity (Wildman–Crippen MR) is 157 cm³/mol.